The maximum absolute atomic E-state index is 14.1. The van der Waals surface area contributed by atoms with Gasteiger partial charge in [-0.25, -0.2) is 29.0 Å². The third-order valence-electron chi connectivity index (χ3n) is 11.0. The number of rotatable bonds is 29. The standard InChI is InChI=1S/C41H68N12O10.8ClH/c1-23-19-29-30(20-24(23)2)53(35-33(50-29)36(54)52-41(59)51-35)21-31(61-38(56)26(47)12-4-8-16-43)34(63-40(58)28(49)14-6-10-18-45)32(62-39(57)27(48)13-5-9-17-44)22-60-37(55)25(46)11-3-7-15-42;;;;;;;;/h19-20,25-28,31-32,34H,3-18,21-22,42-49H2,1-2H3,(H,52,54,59);8*1H. The van der Waals surface area contributed by atoms with E-state index in [4.69, 9.17) is 18.9 Å². The molecule has 0 aliphatic carbocycles. The van der Waals surface area contributed by atoms with Crippen molar-refractivity contribution in [1.82, 2.24) is 19.5 Å². The zero-order valence-electron chi connectivity index (χ0n) is 40.5. The molecule has 2 aliphatic rings. The molecule has 2 heterocycles. The van der Waals surface area contributed by atoms with Crippen LogP contribution in [0.3, 0.4) is 0 Å². The SMILES string of the molecule is Cc1cc2nc3c(=O)[nH]c(=O)nc-3n(CC(OC(=O)C([NH3+])CCCC[NH3+])C(OC(=O)C([NH3+])CCCC[NH3+])C(COC(=O)C([NH3+])CCCC[NH3+])OC(=O)C([NH3+])CCCC[NH3+])c2cc1C.[Cl-].[Cl-].[Cl-].[Cl-].[Cl-].[Cl-].[Cl-].[Cl-]. The number of nitrogens with one attached hydrogen (secondary N) is 1. The minimum atomic E-state index is -1.67. The summed E-state index contributed by atoms with van der Waals surface area (Å²) in [6, 6.07) is 0.0729. The van der Waals surface area contributed by atoms with E-state index in [9.17, 15) is 28.8 Å². The van der Waals surface area contributed by atoms with Gasteiger partial charge in [0.1, 0.15) is 6.61 Å². The number of nitrogens with zero attached hydrogens (tertiary/aromatic N) is 3. The van der Waals surface area contributed by atoms with Gasteiger partial charge < -0.3 is 169 Å². The molecule has 7 unspecified atom stereocenters. The molecule has 0 bridgehead atoms. The molecule has 22 nitrogen and oxygen atoms in total. The van der Waals surface area contributed by atoms with Crippen molar-refractivity contribution >= 4 is 34.9 Å². The summed E-state index contributed by atoms with van der Waals surface area (Å²) in [5, 5.41) is 0. The maximum atomic E-state index is 14.1. The molecule has 0 saturated heterocycles. The number of carbonyl (C=O) groups excluding carboxylic acids is 4. The number of aryl methyl sites for hydroxylation is 2. The van der Waals surface area contributed by atoms with Gasteiger partial charge in [0.2, 0.25) is 0 Å². The number of aromatic amines is 1. The lowest BCUT2D eigenvalue weighted by molar-refractivity contribution is -0.415. The van der Waals surface area contributed by atoms with Gasteiger partial charge in [-0.3, -0.25) is 9.78 Å². The number of benzene rings is 1. The largest absolute Gasteiger partial charge is 1.00 e. The summed E-state index contributed by atoms with van der Waals surface area (Å²) < 4.78 is 25.9. The van der Waals surface area contributed by atoms with Crippen molar-refractivity contribution in [2.75, 3.05) is 32.8 Å². The molecule has 0 aromatic heterocycles. The van der Waals surface area contributed by atoms with Gasteiger partial charge in [-0.1, -0.05) is 0 Å². The Labute approximate surface area is 463 Å². The summed E-state index contributed by atoms with van der Waals surface area (Å²) in [5.41, 5.74) is 32.0. The number of hydrogen-bond donors (Lipinski definition) is 9. The molecule has 0 saturated carbocycles. The van der Waals surface area contributed by atoms with Gasteiger partial charge in [0, 0.05) is 25.7 Å². The molecule has 0 radical (unpaired) electrons. The van der Waals surface area contributed by atoms with Gasteiger partial charge >= 0.3 is 29.6 Å². The van der Waals surface area contributed by atoms with Gasteiger partial charge in [-0.2, -0.15) is 4.98 Å². The Kier molecular flexibility index (Phi) is 46.9. The summed E-state index contributed by atoms with van der Waals surface area (Å²) in [7, 11) is 0. The molecule has 25 N–H and O–H groups in total. The number of halogens is 8. The van der Waals surface area contributed by atoms with E-state index in [2.05, 4.69) is 60.8 Å². The van der Waals surface area contributed by atoms with Crippen LogP contribution in [0, 0.1) is 13.8 Å². The highest BCUT2D eigenvalue weighted by atomic mass is 35.5. The number of quaternary nitrogens is 8. The van der Waals surface area contributed by atoms with E-state index in [-0.39, 0.29) is 111 Å². The van der Waals surface area contributed by atoms with Gasteiger partial charge in [-0.15, -0.1) is 0 Å². The first kappa shape index (κ1) is 79.8. The molecule has 3 rings (SSSR count). The van der Waals surface area contributed by atoms with Crippen molar-refractivity contribution in [2.45, 2.75) is 140 Å². The van der Waals surface area contributed by atoms with Gasteiger partial charge in [0.15, 0.2) is 54.0 Å². The number of aromatic nitrogens is 4. The average Bonchev–Trinajstić information content (AvgIpc) is 3.24. The van der Waals surface area contributed by atoms with Crippen molar-refractivity contribution in [2.24, 2.45) is 0 Å². The summed E-state index contributed by atoms with van der Waals surface area (Å²) in [6.45, 7) is 5.30. The molecule has 7 atom stereocenters. The number of H-pyrrole nitrogens is 1. The van der Waals surface area contributed by atoms with E-state index < -0.39 is 90.8 Å². The minimum absolute atomic E-state index is 0. The summed E-state index contributed by atoms with van der Waals surface area (Å²) in [4.78, 5) is 92.6. The van der Waals surface area contributed by atoms with E-state index in [1.165, 1.54) is 4.57 Å². The van der Waals surface area contributed by atoms with Crippen LogP contribution in [0.4, 0.5) is 0 Å². The van der Waals surface area contributed by atoms with Crippen LogP contribution in [-0.4, -0.2) is 119 Å². The predicted octanol–water partition coefficient (Wildman–Crippen LogP) is -31.4. The quantitative estimate of drug-likeness (QED) is 0.0136. The first-order valence-corrected chi connectivity index (χ1v) is 22.3. The smallest absolute Gasteiger partial charge is 0.365 e. The van der Waals surface area contributed by atoms with Crippen LogP contribution >= 0.6 is 0 Å². The lowest BCUT2D eigenvalue weighted by Crippen LogP contribution is -3.00. The van der Waals surface area contributed by atoms with Crippen LogP contribution in [0.15, 0.2) is 21.7 Å². The van der Waals surface area contributed by atoms with Crippen LogP contribution in [0.25, 0.3) is 22.6 Å². The Morgan fingerprint density at radius 1 is 0.563 bits per heavy atom. The van der Waals surface area contributed by atoms with E-state index in [0.717, 1.165) is 36.8 Å². The first-order chi connectivity index (χ1) is 30.1. The number of ether oxygens (including phenoxy) is 4. The second-order valence-corrected chi connectivity index (χ2v) is 16.4. The Bertz CT molecular complexity index is 2070. The second kappa shape index (κ2) is 41.7. The second-order valence-electron chi connectivity index (χ2n) is 16.4. The third kappa shape index (κ3) is 25.5. The zero-order chi connectivity index (χ0) is 46.6. The lowest BCUT2D eigenvalue weighted by atomic mass is 10.0. The summed E-state index contributed by atoms with van der Waals surface area (Å²) in [6.07, 6.45) is 2.12. The molecule has 2 aliphatic heterocycles. The molecule has 71 heavy (non-hydrogen) atoms. The molecule has 416 valence electrons. The molecular formula is C41H76Cl8N12O10. The molecule has 0 spiro atoms. The van der Waals surface area contributed by atoms with Crippen LogP contribution < -0.4 is 156 Å². The highest BCUT2D eigenvalue weighted by Crippen LogP contribution is 2.27. The highest BCUT2D eigenvalue weighted by molar-refractivity contribution is 5.81. The Hall–Kier alpha value is -2.62. The minimum Gasteiger partial charge on any atom is -1.00 e. The average molecular weight is 1180 g/mol. The van der Waals surface area contributed by atoms with E-state index >= 15 is 0 Å². The molecule has 0 amide bonds. The third-order valence-corrected chi connectivity index (χ3v) is 11.0. The van der Waals surface area contributed by atoms with Gasteiger partial charge in [0.05, 0.1) is 43.8 Å². The predicted molar refractivity (Wildman–Crippen MR) is 224 cm³/mol. The van der Waals surface area contributed by atoms with Crippen molar-refractivity contribution < 1.29 is 183 Å². The van der Waals surface area contributed by atoms with Crippen molar-refractivity contribution in [1.29, 1.82) is 0 Å². The maximum Gasteiger partial charge on any atom is 0.365 e. The van der Waals surface area contributed by atoms with E-state index in [1.807, 2.05) is 13.8 Å². The van der Waals surface area contributed by atoms with Crippen LogP contribution in [0.1, 0.15) is 88.2 Å². The van der Waals surface area contributed by atoms with Crippen molar-refractivity contribution in [3.05, 3.63) is 44.1 Å². The number of carbonyl (C=O) groups is 4. The van der Waals surface area contributed by atoms with Gasteiger partial charge in [-0.05, 0) is 88.5 Å². The molecule has 1 aromatic carbocycles. The molecule has 0 fully saturated rings. The number of esters is 4. The fraction of sp³-hybridized carbons (Fsp3) is 0.659. The van der Waals surface area contributed by atoms with E-state index in [1.54, 1.807) is 12.1 Å². The fourth-order valence-corrected chi connectivity index (χ4v) is 6.95. The number of unbranched alkanes of at least 4 members (excludes halogenated alkanes) is 4. The summed E-state index contributed by atoms with van der Waals surface area (Å²) in [5.74, 6) is -3.20. The molecule has 30 heteroatoms. The topological polar surface area (TPSA) is 407 Å². The molecular weight excluding hydrogens is 1100 g/mol. The van der Waals surface area contributed by atoms with Crippen LogP contribution in [0.5, 0.6) is 0 Å². The summed E-state index contributed by atoms with van der Waals surface area (Å²) >= 11 is 0. The number of hydrogen-bond acceptors (Lipinski definition) is 12. The Morgan fingerprint density at radius 2 is 0.958 bits per heavy atom. The number of fused-ring (bicyclic) bond motifs is 2. The van der Waals surface area contributed by atoms with Crippen molar-refractivity contribution in [3.63, 3.8) is 0 Å². The lowest BCUT2D eigenvalue weighted by Gasteiger charge is -2.34. The van der Waals surface area contributed by atoms with Crippen LogP contribution in [-0.2, 0) is 44.7 Å². The Morgan fingerprint density at radius 3 is 1.39 bits per heavy atom. The zero-order valence-corrected chi connectivity index (χ0v) is 46.6. The normalized spacial score (nSPS) is 13.3. The first-order valence-electron chi connectivity index (χ1n) is 22.3. The van der Waals surface area contributed by atoms with Crippen LogP contribution in [0.2, 0.25) is 0 Å². The van der Waals surface area contributed by atoms with Crippen molar-refractivity contribution in [3.8, 4) is 11.5 Å². The van der Waals surface area contributed by atoms with E-state index in [0.29, 0.717) is 88.6 Å². The Balaban J connectivity index is -0.00000132. The highest BCUT2D eigenvalue weighted by Gasteiger charge is 2.43. The van der Waals surface area contributed by atoms with Gasteiger partial charge in [0.25, 0.3) is 5.56 Å². The monoisotopic (exact) mass is 1180 g/mol. The fourth-order valence-electron chi connectivity index (χ4n) is 6.95. The molecule has 1 aromatic rings.